The number of benzene rings is 1. The number of amides is 2. The summed E-state index contributed by atoms with van der Waals surface area (Å²) in [5.41, 5.74) is 0.801. The summed E-state index contributed by atoms with van der Waals surface area (Å²) < 4.78 is 41.1. The number of carbonyl (C=O) groups is 2. The fraction of sp³-hybridized carbons (Fsp3) is 0.464. The smallest absolute Gasteiger partial charge is 0.410 e. The van der Waals surface area contributed by atoms with E-state index in [1.54, 1.807) is 46.0 Å². The molecule has 2 aromatic heterocycles. The molecule has 4 rings (SSSR count). The molecule has 1 N–H and O–H groups in total. The molecular weight excluding hydrogens is 678 g/mol. The van der Waals surface area contributed by atoms with Crippen molar-refractivity contribution in [1.82, 2.24) is 20.0 Å². The highest BCUT2D eigenvalue weighted by Crippen LogP contribution is 2.38. The quantitative estimate of drug-likeness (QED) is 0.261. The lowest BCUT2D eigenvalue weighted by molar-refractivity contribution is 0.000616. The van der Waals surface area contributed by atoms with Gasteiger partial charge in [0.05, 0.1) is 51.4 Å². The molecule has 2 amide bonds. The fourth-order valence-corrected chi connectivity index (χ4v) is 6.28. The number of nitrogens with one attached hydrogen (secondary N) is 1. The van der Waals surface area contributed by atoms with Crippen LogP contribution in [0.4, 0.5) is 4.79 Å². The summed E-state index contributed by atoms with van der Waals surface area (Å²) >= 11 is 25.2. The molecule has 1 aliphatic rings. The molecule has 0 saturated carbocycles. The largest absolute Gasteiger partial charge is 0.444 e. The molecule has 44 heavy (non-hydrogen) atoms. The molecule has 1 fully saturated rings. The van der Waals surface area contributed by atoms with Crippen LogP contribution in [0, 0.1) is 0 Å². The minimum atomic E-state index is -3.71. The van der Waals surface area contributed by atoms with Gasteiger partial charge in [-0.1, -0.05) is 40.9 Å². The van der Waals surface area contributed by atoms with Crippen LogP contribution in [0.15, 0.2) is 34.9 Å². The average molecular weight is 710 g/mol. The molecule has 3 aromatic rings. The van der Waals surface area contributed by atoms with Gasteiger partial charge in [-0.25, -0.2) is 4.79 Å². The fourth-order valence-electron chi connectivity index (χ4n) is 5.08. The van der Waals surface area contributed by atoms with Crippen molar-refractivity contribution in [3.63, 3.8) is 0 Å². The van der Waals surface area contributed by atoms with Gasteiger partial charge in [0, 0.05) is 31.6 Å². The highest BCUT2D eigenvalue weighted by Gasteiger charge is 2.41. The van der Waals surface area contributed by atoms with Crippen molar-refractivity contribution in [3.8, 4) is 11.3 Å². The zero-order valence-corrected chi connectivity index (χ0v) is 28.4. The van der Waals surface area contributed by atoms with Gasteiger partial charge in [-0.15, -0.1) is 0 Å². The van der Waals surface area contributed by atoms with E-state index in [1.165, 1.54) is 21.8 Å². The maximum atomic E-state index is 13.6. The molecule has 1 saturated heterocycles. The second-order valence-corrected chi connectivity index (χ2v) is 14.7. The Morgan fingerprint density at radius 3 is 2.41 bits per heavy atom. The van der Waals surface area contributed by atoms with Gasteiger partial charge in [-0.05, 0) is 62.9 Å². The first-order chi connectivity index (χ1) is 20.4. The van der Waals surface area contributed by atoms with Crippen molar-refractivity contribution >= 4 is 68.5 Å². The molecule has 240 valence electrons. The number of halogens is 4. The maximum Gasteiger partial charge on any atom is 0.410 e. The number of rotatable bonds is 8. The number of hydrogen-bond donors (Lipinski definition) is 1. The lowest BCUT2D eigenvalue weighted by atomic mass is 9.81. The summed E-state index contributed by atoms with van der Waals surface area (Å²) in [4.78, 5) is 28.5. The lowest BCUT2D eigenvalue weighted by Gasteiger charge is -2.44. The number of hydrogen-bond acceptors (Lipinski definition) is 8. The Morgan fingerprint density at radius 1 is 1.11 bits per heavy atom. The van der Waals surface area contributed by atoms with Crippen LogP contribution in [0.1, 0.15) is 55.6 Å². The van der Waals surface area contributed by atoms with E-state index in [9.17, 15) is 18.0 Å². The van der Waals surface area contributed by atoms with Crippen molar-refractivity contribution in [2.45, 2.75) is 57.2 Å². The summed E-state index contributed by atoms with van der Waals surface area (Å²) in [6, 6.07) is 5.44. The van der Waals surface area contributed by atoms with Crippen LogP contribution in [0.25, 0.3) is 11.3 Å². The van der Waals surface area contributed by atoms with E-state index in [0.717, 1.165) is 11.8 Å². The lowest BCUT2D eigenvalue weighted by Crippen LogP contribution is -2.58. The first kappa shape index (κ1) is 34.4. The zero-order chi connectivity index (χ0) is 32.6. The molecule has 1 aromatic carbocycles. The Labute approximate surface area is 275 Å². The van der Waals surface area contributed by atoms with Crippen LogP contribution in [0.5, 0.6) is 0 Å². The number of aromatic nitrogens is 2. The monoisotopic (exact) mass is 708 g/mol. The maximum absolute atomic E-state index is 13.6. The van der Waals surface area contributed by atoms with Crippen molar-refractivity contribution in [3.05, 3.63) is 62.1 Å². The highest BCUT2D eigenvalue weighted by atomic mass is 35.5. The van der Waals surface area contributed by atoms with Crippen molar-refractivity contribution in [1.29, 1.82) is 0 Å². The van der Waals surface area contributed by atoms with Gasteiger partial charge in [0.25, 0.3) is 16.0 Å². The van der Waals surface area contributed by atoms with E-state index in [1.807, 2.05) is 0 Å². The predicted molar refractivity (Wildman–Crippen MR) is 168 cm³/mol. The van der Waals surface area contributed by atoms with Gasteiger partial charge in [0.2, 0.25) is 5.22 Å². The first-order valence-electron chi connectivity index (χ1n) is 13.5. The van der Waals surface area contributed by atoms with E-state index >= 15 is 0 Å². The number of carbonyl (C=O) groups excluding carboxylic acids is 2. The first-order valence-corrected chi connectivity index (χ1v) is 16.8. The van der Waals surface area contributed by atoms with Gasteiger partial charge in [-0.3, -0.25) is 13.7 Å². The Bertz CT molecular complexity index is 1630. The normalized spacial score (nSPS) is 19.2. The summed E-state index contributed by atoms with van der Waals surface area (Å²) in [6.07, 6.45) is 2.28. The van der Waals surface area contributed by atoms with Crippen LogP contribution < -0.4 is 5.32 Å². The van der Waals surface area contributed by atoms with E-state index in [0.29, 0.717) is 32.7 Å². The second-order valence-electron chi connectivity index (χ2n) is 11.5. The van der Waals surface area contributed by atoms with Gasteiger partial charge in [0.1, 0.15) is 5.60 Å². The molecule has 11 nitrogen and oxygen atoms in total. The number of furan rings is 1. The number of ether oxygens (including phenoxy) is 1. The number of aryl methyl sites for hydroxylation is 1. The van der Waals surface area contributed by atoms with E-state index < -0.39 is 39.8 Å². The van der Waals surface area contributed by atoms with Crippen molar-refractivity contribution < 1.29 is 31.3 Å². The summed E-state index contributed by atoms with van der Waals surface area (Å²) in [5.74, 6) is -1.05. The summed E-state index contributed by atoms with van der Waals surface area (Å²) in [5, 5.41) is 8.03. The molecule has 1 unspecified atom stereocenters. The molecule has 0 aliphatic carbocycles. The topological polar surface area (TPSA) is 133 Å². The SMILES string of the molecule is Cn1ncc(Cl)c1-c1cc(C(=O)N[C@@H]2CN(C(=O)OC(C)(C)C)C(CCOS(C)(=O)=O)C[C@H]2c2ccc(Cl)c(Cl)c2)oc1Cl. The number of likely N-dealkylation sites (tertiary alicyclic amines) is 1. The van der Waals surface area contributed by atoms with Crippen LogP contribution >= 0.6 is 46.4 Å². The van der Waals surface area contributed by atoms with E-state index in [4.69, 9.17) is 59.7 Å². The molecule has 0 radical (unpaired) electrons. The third-order valence-electron chi connectivity index (χ3n) is 6.97. The predicted octanol–water partition coefficient (Wildman–Crippen LogP) is 6.55. The van der Waals surface area contributed by atoms with Crippen LogP contribution in [-0.2, 0) is 26.1 Å². The molecule has 1 aliphatic heterocycles. The Kier molecular flexibility index (Phi) is 10.5. The van der Waals surface area contributed by atoms with Crippen LogP contribution in [0.3, 0.4) is 0 Å². The van der Waals surface area contributed by atoms with E-state index in [-0.39, 0.29) is 36.5 Å². The minimum absolute atomic E-state index is 0.0178. The van der Waals surface area contributed by atoms with Crippen molar-refractivity contribution in [2.75, 3.05) is 19.4 Å². The van der Waals surface area contributed by atoms with Gasteiger partial charge < -0.3 is 19.4 Å². The highest BCUT2D eigenvalue weighted by molar-refractivity contribution is 7.85. The van der Waals surface area contributed by atoms with Gasteiger partial charge in [-0.2, -0.15) is 13.5 Å². The van der Waals surface area contributed by atoms with Crippen LogP contribution in [0.2, 0.25) is 20.3 Å². The van der Waals surface area contributed by atoms with Gasteiger partial charge in [0.15, 0.2) is 5.76 Å². The van der Waals surface area contributed by atoms with Gasteiger partial charge >= 0.3 is 6.09 Å². The molecule has 3 heterocycles. The standard InChI is InChI=1S/C28H32Cl4N4O7S/c1-28(2,3)43-27(38)36-14-22(34-26(37)23-12-18(25(32)42-23)24-21(31)13-33-35(24)4)17(15-6-7-19(29)20(30)10-15)11-16(36)8-9-41-44(5,39)40/h6-7,10,12-13,16-17,22H,8-9,11,14H2,1-5H3,(H,34,37)/t16?,17-,22+/m0/s1. The summed E-state index contributed by atoms with van der Waals surface area (Å²) in [6.45, 7) is 5.07. The zero-order valence-electron chi connectivity index (χ0n) is 24.6. The third-order valence-corrected chi connectivity index (χ3v) is 8.86. The molecule has 0 spiro atoms. The number of nitrogens with zero attached hydrogens (tertiary/aromatic N) is 3. The van der Waals surface area contributed by atoms with Crippen LogP contribution in [-0.4, -0.2) is 72.2 Å². The summed E-state index contributed by atoms with van der Waals surface area (Å²) in [7, 11) is -2.03. The average Bonchev–Trinajstić information content (AvgIpc) is 3.44. The third kappa shape index (κ3) is 8.41. The molecular formula is C28H32Cl4N4O7S. The van der Waals surface area contributed by atoms with Crippen molar-refractivity contribution in [2.24, 2.45) is 7.05 Å². The Balaban J connectivity index is 1.68. The second kappa shape index (κ2) is 13.5. The molecule has 0 bridgehead atoms. The Morgan fingerprint density at radius 2 is 1.82 bits per heavy atom. The molecule has 3 atom stereocenters. The minimum Gasteiger partial charge on any atom is -0.444 e. The van der Waals surface area contributed by atoms with E-state index in [2.05, 4.69) is 10.4 Å². The molecule has 16 heteroatoms. The Hall–Kier alpha value is -2.48. The number of piperidine rings is 1.